The molecule has 0 aromatic heterocycles. The van der Waals surface area contributed by atoms with Crippen molar-refractivity contribution in [1.29, 1.82) is 0 Å². The van der Waals surface area contributed by atoms with Gasteiger partial charge in [-0.15, -0.1) is 0 Å². The molecule has 0 heterocycles. The summed E-state index contributed by atoms with van der Waals surface area (Å²) in [4.78, 5) is 11.9. The Labute approximate surface area is 237 Å². The minimum atomic E-state index is -0.700. The molecule has 40 heavy (non-hydrogen) atoms. The van der Waals surface area contributed by atoms with Gasteiger partial charge in [-0.05, 0) is 95.2 Å². The highest BCUT2D eigenvalue weighted by Gasteiger charge is 2.68. The van der Waals surface area contributed by atoms with Crippen molar-refractivity contribution in [3.63, 3.8) is 0 Å². The average molecular weight is 545 g/mol. The van der Waals surface area contributed by atoms with E-state index in [9.17, 15) is 9.90 Å². The standard InChI is InChI=1S/C35H41FO4/c1-6-7-15-34(3,4)20-25-17-23(8-12-28(25)29-18-26(39-5)11-13-31(29)36)21-40-27-10-9-24-14-16-35(30(24)19-27)22(2)32(35)33(37)38/h8-13,17-19,22,32H,6-7,14-16,20-21H2,1-5H3,(H,37,38). The molecular formula is C35H41FO4. The fourth-order valence-electron chi connectivity index (χ4n) is 7.04. The van der Waals surface area contributed by atoms with Gasteiger partial charge in [-0.25, -0.2) is 4.39 Å². The van der Waals surface area contributed by atoms with Gasteiger partial charge in [0.2, 0.25) is 0 Å². The van der Waals surface area contributed by atoms with Crippen LogP contribution in [-0.4, -0.2) is 18.2 Å². The number of aliphatic carboxylic acids is 1. The van der Waals surface area contributed by atoms with Crippen molar-refractivity contribution in [3.05, 3.63) is 82.7 Å². The van der Waals surface area contributed by atoms with Crippen LogP contribution in [0.3, 0.4) is 0 Å². The summed E-state index contributed by atoms with van der Waals surface area (Å²) in [5, 5.41) is 9.74. The molecule has 0 bridgehead atoms. The molecule has 0 amide bonds. The zero-order chi connectivity index (χ0) is 28.7. The molecule has 0 radical (unpaired) electrons. The van der Waals surface area contributed by atoms with Crippen LogP contribution in [0.15, 0.2) is 54.6 Å². The van der Waals surface area contributed by atoms with Gasteiger partial charge in [0, 0.05) is 11.0 Å². The van der Waals surface area contributed by atoms with Gasteiger partial charge >= 0.3 is 5.97 Å². The molecule has 3 aromatic rings. The number of fused-ring (bicyclic) bond motifs is 2. The van der Waals surface area contributed by atoms with E-state index >= 15 is 4.39 Å². The quantitative estimate of drug-likeness (QED) is 0.263. The Morgan fingerprint density at radius 3 is 2.55 bits per heavy atom. The highest BCUT2D eigenvalue weighted by atomic mass is 19.1. The third-order valence-electron chi connectivity index (χ3n) is 9.33. The summed E-state index contributed by atoms with van der Waals surface area (Å²) in [6.45, 7) is 9.20. The molecule has 1 spiro atoms. The van der Waals surface area contributed by atoms with E-state index in [0.29, 0.717) is 17.9 Å². The monoisotopic (exact) mass is 544 g/mol. The van der Waals surface area contributed by atoms with E-state index in [1.807, 2.05) is 18.2 Å². The van der Waals surface area contributed by atoms with E-state index in [1.165, 1.54) is 11.6 Å². The smallest absolute Gasteiger partial charge is 0.307 e. The molecule has 2 aliphatic carbocycles. The van der Waals surface area contributed by atoms with Crippen molar-refractivity contribution in [2.45, 2.75) is 78.2 Å². The number of benzene rings is 3. The van der Waals surface area contributed by atoms with E-state index in [4.69, 9.17) is 9.47 Å². The summed E-state index contributed by atoms with van der Waals surface area (Å²) in [6.07, 6.45) is 6.02. The Balaban J connectivity index is 1.42. The van der Waals surface area contributed by atoms with Crippen molar-refractivity contribution in [1.82, 2.24) is 0 Å². The number of carboxylic acids is 1. The van der Waals surface area contributed by atoms with Gasteiger partial charge in [-0.2, -0.15) is 0 Å². The number of hydrogen-bond acceptors (Lipinski definition) is 3. The maximum absolute atomic E-state index is 15.0. The van der Waals surface area contributed by atoms with E-state index in [2.05, 4.69) is 45.9 Å². The largest absolute Gasteiger partial charge is 0.497 e. The predicted molar refractivity (Wildman–Crippen MR) is 156 cm³/mol. The molecule has 212 valence electrons. The fourth-order valence-corrected chi connectivity index (χ4v) is 7.04. The van der Waals surface area contributed by atoms with Crippen molar-refractivity contribution >= 4 is 5.97 Å². The zero-order valence-corrected chi connectivity index (χ0v) is 24.4. The summed E-state index contributed by atoms with van der Waals surface area (Å²) in [6, 6.07) is 17.2. The molecule has 2 aliphatic rings. The summed E-state index contributed by atoms with van der Waals surface area (Å²) >= 11 is 0. The van der Waals surface area contributed by atoms with Crippen molar-refractivity contribution in [2.75, 3.05) is 7.11 Å². The lowest BCUT2D eigenvalue weighted by Gasteiger charge is -2.26. The van der Waals surface area contributed by atoms with E-state index in [-0.39, 0.29) is 28.5 Å². The number of unbranched alkanes of at least 4 members (excludes halogenated alkanes) is 1. The van der Waals surface area contributed by atoms with Crippen LogP contribution in [0.4, 0.5) is 4.39 Å². The number of ether oxygens (including phenoxy) is 2. The number of methoxy groups -OCH3 is 1. The predicted octanol–water partition coefficient (Wildman–Crippen LogP) is 8.37. The molecule has 0 aliphatic heterocycles. The molecule has 3 atom stereocenters. The van der Waals surface area contributed by atoms with Crippen LogP contribution in [0, 0.1) is 23.1 Å². The van der Waals surface area contributed by atoms with Crippen LogP contribution in [0.2, 0.25) is 0 Å². The van der Waals surface area contributed by atoms with Crippen LogP contribution in [0.25, 0.3) is 11.1 Å². The van der Waals surface area contributed by atoms with Crippen LogP contribution < -0.4 is 9.47 Å². The molecule has 5 rings (SSSR count). The number of carboxylic acid groups (broad SMARTS) is 1. The third-order valence-corrected chi connectivity index (χ3v) is 9.33. The fraction of sp³-hybridized carbons (Fsp3) is 0.457. The maximum atomic E-state index is 15.0. The van der Waals surface area contributed by atoms with Crippen molar-refractivity contribution < 1.29 is 23.8 Å². The third kappa shape index (κ3) is 5.23. The second-order valence-electron chi connectivity index (χ2n) is 12.5. The molecule has 1 saturated carbocycles. The highest BCUT2D eigenvalue weighted by molar-refractivity contribution is 5.79. The Morgan fingerprint density at radius 1 is 1.07 bits per heavy atom. The number of aryl methyl sites for hydroxylation is 1. The lowest BCUT2D eigenvalue weighted by Crippen LogP contribution is -2.16. The summed E-state index contributed by atoms with van der Waals surface area (Å²) in [5.74, 6) is 0.254. The maximum Gasteiger partial charge on any atom is 0.307 e. The molecular weight excluding hydrogens is 503 g/mol. The Hall–Kier alpha value is -3.34. The first kappa shape index (κ1) is 28.2. The molecule has 3 unspecified atom stereocenters. The van der Waals surface area contributed by atoms with Gasteiger partial charge < -0.3 is 14.6 Å². The van der Waals surface area contributed by atoms with Gasteiger partial charge in [-0.1, -0.05) is 64.8 Å². The van der Waals surface area contributed by atoms with E-state index in [1.54, 1.807) is 19.2 Å². The first-order valence-corrected chi connectivity index (χ1v) is 14.5. The van der Waals surface area contributed by atoms with Crippen molar-refractivity contribution in [3.8, 4) is 22.6 Å². The summed E-state index contributed by atoms with van der Waals surface area (Å²) in [5.41, 5.74) is 5.74. The molecule has 1 N–H and O–H groups in total. The first-order chi connectivity index (χ1) is 19.1. The van der Waals surface area contributed by atoms with Gasteiger partial charge in [0.25, 0.3) is 0 Å². The van der Waals surface area contributed by atoms with Crippen LogP contribution in [0.1, 0.15) is 75.6 Å². The normalized spacial score (nSPS) is 21.4. The molecule has 0 saturated heterocycles. The zero-order valence-electron chi connectivity index (χ0n) is 24.4. The SMILES string of the molecule is CCCCC(C)(C)Cc1cc(COc2ccc3c(c2)C2(CC3)C(C)C2C(=O)O)ccc1-c1cc(OC)ccc1F. The lowest BCUT2D eigenvalue weighted by atomic mass is 9.79. The summed E-state index contributed by atoms with van der Waals surface area (Å²) < 4.78 is 26.7. The van der Waals surface area contributed by atoms with Gasteiger partial charge in [0.15, 0.2) is 0 Å². The Kier molecular flexibility index (Phi) is 7.69. The molecule has 1 fully saturated rings. The number of hydrogen-bond donors (Lipinski definition) is 1. The lowest BCUT2D eigenvalue weighted by molar-refractivity contribution is -0.139. The first-order valence-electron chi connectivity index (χ1n) is 14.5. The van der Waals surface area contributed by atoms with Crippen LogP contribution in [-0.2, 0) is 29.7 Å². The van der Waals surface area contributed by atoms with E-state index < -0.39 is 5.97 Å². The molecule has 5 heteroatoms. The molecule has 3 aromatic carbocycles. The van der Waals surface area contributed by atoms with Gasteiger partial charge in [0.1, 0.15) is 23.9 Å². The Bertz CT molecular complexity index is 1410. The number of carbonyl (C=O) groups is 1. The minimum Gasteiger partial charge on any atom is -0.497 e. The van der Waals surface area contributed by atoms with Crippen LogP contribution >= 0.6 is 0 Å². The highest BCUT2D eigenvalue weighted by Crippen LogP contribution is 2.66. The number of halogens is 1. The Morgan fingerprint density at radius 2 is 1.85 bits per heavy atom. The van der Waals surface area contributed by atoms with Gasteiger partial charge in [0.05, 0.1) is 13.0 Å². The number of rotatable bonds is 11. The van der Waals surface area contributed by atoms with Crippen LogP contribution in [0.5, 0.6) is 11.5 Å². The topological polar surface area (TPSA) is 55.8 Å². The summed E-state index contributed by atoms with van der Waals surface area (Å²) in [7, 11) is 1.60. The second-order valence-corrected chi connectivity index (χ2v) is 12.5. The van der Waals surface area contributed by atoms with Crippen molar-refractivity contribution in [2.24, 2.45) is 17.3 Å². The minimum absolute atomic E-state index is 0.0650. The van der Waals surface area contributed by atoms with Gasteiger partial charge in [-0.3, -0.25) is 4.79 Å². The van der Waals surface area contributed by atoms with E-state index in [0.717, 1.165) is 66.5 Å². The second kappa shape index (κ2) is 10.9. The average Bonchev–Trinajstić information content (AvgIpc) is 3.36. The molecule has 4 nitrogen and oxygen atoms in total.